The van der Waals surface area contributed by atoms with Gasteiger partial charge in [-0.1, -0.05) is 0 Å². The number of hydrogen-bond acceptors (Lipinski definition) is 17. The normalized spacial score (nSPS) is 43.6. The van der Waals surface area contributed by atoms with Crippen molar-refractivity contribution in [3.63, 3.8) is 0 Å². The van der Waals surface area contributed by atoms with Crippen LogP contribution in [0.2, 0.25) is 0 Å². The Balaban J connectivity index is 1.85. The molecular formula is C18H32N2O20S2. The lowest BCUT2D eigenvalue weighted by Gasteiger charge is -2.47. The second kappa shape index (κ2) is 13.8. The number of ether oxygens (including phenoxy) is 5. The van der Waals surface area contributed by atoms with Crippen LogP contribution in [0, 0.1) is 0 Å². The molecule has 3 rings (SSSR count). The molecule has 0 amide bonds. The van der Waals surface area contributed by atoms with E-state index in [0.717, 1.165) is 0 Å². The van der Waals surface area contributed by atoms with E-state index < -0.39 is 132 Å². The predicted molar refractivity (Wildman–Crippen MR) is 126 cm³/mol. The van der Waals surface area contributed by atoms with Crippen molar-refractivity contribution < 1.29 is 95.3 Å². The van der Waals surface area contributed by atoms with Crippen molar-refractivity contribution in [2.75, 3.05) is 19.8 Å². The van der Waals surface area contributed by atoms with Gasteiger partial charge in [-0.3, -0.25) is 9.11 Å². The highest BCUT2D eigenvalue weighted by Crippen LogP contribution is 2.32. The molecule has 24 heteroatoms. The Hall–Kier alpha value is -1.27. The second-order valence-corrected chi connectivity index (χ2v) is 11.9. The van der Waals surface area contributed by atoms with Crippen LogP contribution in [0.4, 0.5) is 0 Å². The van der Waals surface area contributed by atoms with E-state index in [1.807, 2.05) is 0 Å². The monoisotopic (exact) mass is 660 g/mol. The van der Waals surface area contributed by atoms with Crippen LogP contribution in [-0.2, 0) is 49.1 Å². The molecule has 0 bridgehead atoms. The van der Waals surface area contributed by atoms with Crippen LogP contribution >= 0.6 is 0 Å². The molecule has 12 N–H and O–H groups in total. The molecule has 0 aromatic rings. The Kier molecular flexibility index (Phi) is 11.6. The van der Waals surface area contributed by atoms with Gasteiger partial charge in [0, 0.05) is 0 Å². The first-order chi connectivity index (χ1) is 19.4. The third kappa shape index (κ3) is 8.25. The van der Waals surface area contributed by atoms with E-state index in [1.54, 1.807) is 4.72 Å². The highest BCUT2D eigenvalue weighted by molar-refractivity contribution is 7.84. The molecule has 22 nitrogen and oxygen atoms in total. The first-order valence-electron chi connectivity index (χ1n) is 12.0. The Morgan fingerprint density at radius 2 is 1.31 bits per heavy atom. The van der Waals surface area contributed by atoms with Gasteiger partial charge in [0.15, 0.2) is 18.7 Å². The number of carboxylic acid groups (broad SMARTS) is 1. The van der Waals surface area contributed by atoms with Crippen LogP contribution in [-0.4, -0.2) is 178 Å². The number of aliphatic hydroxyl groups is 7. The first-order valence-corrected chi connectivity index (χ1v) is 14.8. The largest absolute Gasteiger partial charge is 0.479 e. The topological polar surface area (TPSA) is 358 Å². The molecule has 42 heavy (non-hydrogen) atoms. The zero-order valence-corrected chi connectivity index (χ0v) is 22.7. The van der Waals surface area contributed by atoms with E-state index in [4.69, 9.17) is 28.2 Å². The summed E-state index contributed by atoms with van der Waals surface area (Å²) in [5.74, 6) is -1.88. The van der Waals surface area contributed by atoms with E-state index >= 15 is 0 Å². The molecule has 3 aliphatic heterocycles. The highest BCUT2D eigenvalue weighted by atomic mass is 32.2. The Morgan fingerprint density at radius 1 is 0.738 bits per heavy atom. The number of hydrogen-bond donors (Lipinski definition) is 12. The SMILES string of the molecule is O=C(O)[C@H]1O[C@@H](O[C@H]2[C@H](O)[C@@H](NS(=O)(=O)O)CO[C@@H]2CO)[C@H](O)[C@@H](O)[C@@H]1O[C@H]1O[C@H](CO)[C@@H](O)[C@H](O)[C@H]1NS(=O)(=O)O. The molecule has 3 saturated heterocycles. The molecule has 3 aliphatic rings. The summed E-state index contributed by atoms with van der Waals surface area (Å²) in [6.07, 6.45) is -24.0. The van der Waals surface area contributed by atoms with Crippen molar-refractivity contribution in [2.45, 2.75) is 85.7 Å². The van der Waals surface area contributed by atoms with Gasteiger partial charge in [0.1, 0.15) is 61.0 Å². The van der Waals surface area contributed by atoms with Gasteiger partial charge < -0.3 is 64.5 Å². The number of carbonyl (C=O) groups is 1. The average Bonchev–Trinajstić information content (AvgIpc) is 2.88. The molecule has 0 radical (unpaired) electrons. The number of nitrogens with one attached hydrogen (secondary N) is 2. The Morgan fingerprint density at radius 3 is 1.83 bits per heavy atom. The summed E-state index contributed by atoms with van der Waals surface area (Å²) in [5.41, 5.74) is 0. The maximum Gasteiger partial charge on any atom is 0.335 e. The van der Waals surface area contributed by atoms with Gasteiger partial charge in [0.2, 0.25) is 0 Å². The van der Waals surface area contributed by atoms with Crippen molar-refractivity contribution in [2.24, 2.45) is 0 Å². The van der Waals surface area contributed by atoms with E-state index in [0.29, 0.717) is 0 Å². The van der Waals surface area contributed by atoms with E-state index in [1.165, 1.54) is 4.72 Å². The maximum atomic E-state index is 12.0. The standard InChI is InChI=1S/C18H32N2O20S2/c21-1-5-9(24)10(25)7(20-42(33,34)35)17(37-5)39-14-11(26)12(27)18(40-15(14)16(28)29)38-13-6(2-22)36-3-4(8(13)23)19-41(30,31)32/h4-15,17-27H,1-3H2,(H,28,29)(H,30,31,32)(H,33,34,35)/t4-,5+,6+,7+,8+,9+,10+,11+,12+,13+,14-,15-,17+,18+/m0/s1. The molecule has 0 saturated carbocycles. The smallest absolute Gasteiger partial charge is 0.335 e. The average molecular weight is 661 g/mol. The summed E-state index contributed by atoms with van der Waals surface area (Å²) in [7, 11) is -9.99. The van der Waals surface area contributed by atoms with Crippen molar-refractivity contribution in [1.82, 2.24) is 9.44 Å². The fraction of sp³-hybridized carbons (Fsp3) is 0.944. The van der Waals surface area contributed by atoms with Crippen LogP contribution < -0.4 is 9.44 Å². The van der Waals surface area contributed by atoms with Crippen LogP contribution in [0.15, 0.2) is 0 Å². The van der Waals surface area contributed by atoms with Gasteiger partial charge in [0.05, 0.1) is 25.9 Å². The predicted octanol–water partition coefficient (Wildman–Crippen LogP) is -8.00. The lowest BCUT2D eigenvalue weighted by molar-refractivity contribution is -0.354. The zero-order chi connectivity index (χ0) is 31.7. The minimum absolute atomic E-state index is 0.564. The molecule has 0 spiro atoms. The summed E-state index contributed by atoms with van der Waals surface area (Å²) in [6, 6.07) is -3.61. The van der Waals surface area contributed by atoms with E-state index in [-0.39, 0.29) is 0 Å². The number of rotatable bonds is 11. The molecule has 0 aromatic carbocycles. The first kappa shape index (κ1) is 35.2. The van der Waals surface area contributed by atoms with E-state index in [9.17, 15) is 67.0 Å². The molecule has 14 atom stereocenters. The summed E-state index contributed by atoms with van der Waals surface area (Å²) in [4.78, 5) is 12.0. The van der Waals surface area contributed by atoms with Crippen molar-refractivity contribution in [1.29, 1.82) is 0 Å². The van der Waals surface area contributed by atoms with Crippen molar-refractivity contribution in [3.8, 4) is 0 Å². The van der Waals surface area contributed by atoms with Crippen molar-refractivity contribution >= 4 is 26.6 Å². The zero-order valence-electron chi connectivity index (χ0n) is 21.1. The summed E-state index contributed by atoms with van der Waals surface area (Å²) in [6.45, 7) is -2.38. The van der Waals surface area contributed by atoms with Crippen LogP contribution in [0.5, 0.6) is 0 Å². The van der Waals surface area contributed by atoms with Crippen LogP contribution in [0.1, 0.15) is 0 Å². The fourth-order valence-electron chi connectivity index (χ4n) is 4.59. The molecule has 3 fully saturated rings. The van der Waals surface area contributed by atoms with E-state index in [2.05, 4.69) is 0 Å². The van der Waals surface area contributed by atoms with Gasteiger partial charge in [-0.25, -0.2) is 4.79 Å². The van der Waals surface area contributed by atoms with Crippen LogP contribution in [0.3, 0.4) is 0 Å². The molecule has 0 aliphatic carbocycles. The lowest BCUT2D eigenvalue weighted by atomic mass is 9.95. The third-order valence-electron chi connectivity index (χ3n) is 6.62. The van der Waals surface area contributed by atoms with Gasteiger partial charge >= 0.3 is 26.6 Å². The Labute approximate surface area is 237 Å². The molecule has 0 aromatic heterocycles. The molecular weight excluding hydrogens is 628 g/mol. The number of aliphatic hydroxyl groups excluding tert-OH is 7. The lowest BCUT2D eigenvalue weighted by Crippen LogP contribution is -2.68. The van der Waals surface area contributed by atoms with Crippen molar-refractivity contribution in [3.05, 3.63) is 0 Å². The third-order valence-corrected chi connectivity index (χ3v) is 7.79. The van der Waals surface area contributed by atoms with Gasteiger partial charge in [-0.15, -0.1) is 0 Å². The quantitative estimate of drug-likeness (QED) is 0.0915. The number of carboxylic acids is 1. The molecule has 0 unspecified atom stereocenters. The fourth-order valence-corrected chi connectivity index (χ4v) is 5.78. The molecule has 246 valence electrons. The summed E-state index contributed by atoms with van der Waals surface area (Å²) in [5, 5.41) is 81.2. The Bertz CT molecular complexity index is 1140. The summed E-state index contributed by atoms with van der Waals surface area (Å²) < 4.78 is 92.8. The molecule has 3 heterocycles. The van der Waals surface area contributed by atoms with Crippen LogP contribution in [0.25, 0.3) is 0 Å². The van der Waals surface area contributed by atoms with Gasteiger partial charge in [-0.05, 0) is 0 Å². The minimum Gasteiger partial charge on any atom is -0.479 e. The maximum absolute atomic E-state index is 12.0. The second-order valence-electron chi connectivity index (χ2n) is 9.52. The van der Waals surface area contributed by atoms with Gasteiger partial charge in [0.25, 0.3) is 0 Å². The number of aliphatic carboxylic acids is 1. The minimum atomic E-state index is -5.12. The summed E-state index contributed by atoms with van der Waals surface area (Å²) >= 11 is 0. The van der Waals surface area contributed by atoms with Gasteiger partial charge in [-0.2, -0.15) is 26.3 Å². The highest BCUT2D eigenvalue weighted by Gasteiger charge is 2.55.